The lowest BCUT2D eigenvalue weighted by atomic mass is 10.0. The highest BCUT2D eigenvalue weighted by Crippen LogP contribution is 2.38. The van der Waals surface area contributed by atoms with Crippen LogP contribution in [-0.2, 0) is 19.4 Å². The maximum Gasteiger partial charge on any atom is 0.294 e. The first kappa shape index (κ1) is 28.3. The number of rotatable bonds is 9. The molecule has 1 N–H and O–H groups in total. The lowest BCUT2D eigenvalue weighted by molar-refractivity contribution is -0.384. The lowest BCUT2D eigenvalue weighted by Crippen LogP contribution is -2.29. The van der Waals surface area contributed by atoms with E-state index >= 15 is 0 Å². The Labute approximate surface area is 234 Å². The molecular formula is C29H36ClN7O2. The summed E-state index contributed by atoms with van der Waals surface area (Å²) in [5, 5.41) is 16.8. The van der Waals surface area contributed by atoms with E-state index in [0.29, 0.717) is 41.0 Å². The van der Waals surface area contributed by atoms with Gasteiger partial charge in [-0.2, -0.15) is 0 Å². The van der Waals surface area contributed by atoms with E-state index in [1.165, 1.54) is 11.1 Å². The summed E-state index contributed by atoms with van der Waals surface area (Å²) in [4.78, 5) is 24.9. The second-order valence-electron chi connectivity index (χ2n) is 10.0. The van der Waals surface area contributed by atoms with Gasteiger partial charge in [-0.15, -0.1) is 0 Å². The predicted molar refractivity (Wildman–Crippen MR) is 161 cm³/mol. The Morgan fingerprint density at radius 2 is 2.00 bits per heavy atom. The van der Waals surface area contributed by atoms with Crippen molar-refractivity contribution in [3.63, 3.8) is 0 Å². The molecule has 0 aliphatic carbocycles. The summed E-state index contributed by atoms with van der Waals surface area (Å²) >= 11 is 6.61. The Balaban J connectivity index is 0.00000353. The summed E-state index contributed by atoms with van der Waals surface area (Å²) < 4.78 is 2.28. The summed E-state index contributed by atoms with van der Waals surface area (Å²) in [5.74, 6) is 0.342. The summed E-state index contributed by atoms with van der Waals surface area (Å²) in [6, 6.07) is 9.83. The van der Waals surface area contributed by atoms with Gasteiger partial charge in [0.25, 0.3) is 5.69 Å². The van der Waals surface area contributed by atoms with E-state index in [-0.39, 0.29) is 18.0 Å². The van der Waals surface area contributed by atoms with E-state index in [2.05, 4.69) is 44.2 Å². The van der Waals surface area contributed by atoms with Crippen LogP contribution in [0.3, 0.4) is 0 Å². The van der Waals surface area contributed by atoms with Gasteiger partial charge in [-0.25, -0.2) is 9.97 Å². The van der Waals surface area contributed by atoms with Crippen LogP contribution in [0.2, 0.25) is 5.02 Å². The molecule has 0 spiro atoms. The number of aromatic nitrogens is 3. The molecule has 0 amide bonds. The van der Waals surface area contributed by atoms with Gasteiger partial charge in [0, 0.05) is 49.9 Å². The summed E-state index contributed by atoms with van der Waals surface area (Å²) in [7, 11) is 5.85. The van der Waals surface area contributed by atoms with Gasteiger partial charge in [0.15, 0.2) is 0 Å². The number of nitrogens with zero attached hydrogens (tertiary/aromatic N) is 6. The van der Waals surface area contributed by atoms with Gasteiger partial charge in [-0.05, 0) is 50.6 Å². The minimum atomic E-state index is -0.339. The molecule has 5 rings (SSSR count). The van der Waals surface area contributed by atoms with Crippen molar-refractivity contribution in [2.45, 2.75) is 40.2 Å². The van der Waals surface area contributed by atoms with Gasteiger partial charge in [-0.1, -0.05) is 44.2 Å². The highest BCUT2D eigenvalue weighted by atomic mass is 35.5. The van der Waals surface area contributed by atoms with Crippen LogP contribution in [-0.4, -0.2) is 58.6 Å². The Morgan fingerprint density at radius 1 is 1.21 bits per heavy atom. The largest absolute Gasteiger partial charge is 0.368 e. The molecule has 1 aliphatic heterocycles. The second-order valence-corrected chi connectivity index (χ2v) is 10.4. The summed E-state index contributed by atoms with van der Waals surface area (Å²) in [5.41, 5.74) is 6.34. The van der Waals surface area contributed by atoms with Crippen LogP contribution in [0.4, 0.5) is 23.0 Å². The van der Waals surface area contributed by atoms with Crippen molar-refractivity contribution in [1.29, 1.82) is 0 Å². The van der Waals surface area contributed by atoms with Crippen LogP contribution >= 0.6 is 11.6 Å². The molecule has 0 atom stereocenters. The maximum absolute atomic E-state index is 12.0. The molecule has 10 heteroatoms. The van der Waals surface area contributed by atoms with Crippen molar-refractivity contribution in [2.24, 2.45) is 0 Å². The molecule has 0 saturated carbocycles. The maximum atomic E-state index is 12.0. The Hall–Kier alpha value is -3.69. The van der Waals surface area contributed by atoms with Crippen molar-refractivity contribution < 1.29 is 4.92 Å². The monoisotopic (exact) mass is 549 g/mol. The number of nitro groups is 1. The fraction of sp³-hybridized carbons (Fsp3) is 0.379. The predicted octanol–water partition coefficient (Wildman–Crippen LogP) is 6.55. The van der Waals surface area contributed by atoms with Crippen LogP contribution in [0, 0.1) is 10.1 Å². The molecule has 2 aromatic carbocycles. The number of para-hydroxylation sites is 1. The number of aryl methyl sites for hydroxylation is 3. The Morgan fingerprint density at radius 3 is 2.72 bits per heavy atom. The zero-order valence-corrected chi connectivity index (χ0v) is 22.9. The third-order valence-electron chi connectivity index (χ3n) is 7.14. The first-order valence-electron chi connectivity index (χ1n) is 12.8. The number of nitro benzene ring substituents is 1. The number of benzene rings is 2. The van der Waals surface area contributed by atoms with Crippen molar-refractivity contribution in [3.8, 4) is 11.3 Å². The van der Waals surface area contributed by atoms with Gasteiger partial charge in [0.2, 0.25) is 5.95 Å². The first-order chi connectivity index (χ1) is 18.3. The minimum Gasteiger partial charge on any atom is -0.368 e. The molecule has 1 aliphatic rings. The van der Waals surface area contributed by atoms with Crippen LogP contribution in [0.15, 0.2) is 42.7 Å². The van der Waals surface area contributed by atoms with Crippen LogP contribution in [0.5, 0.6) is 0 Å². The average molecular weight is 550 g/mol. The molecular weight excluding hydrogens is 514 g/mol. The molecule has 206 valence electrons. The molecule has 0 bridgehead atoms. The number of anilines is 3. The summed E-state index contributed by atoms with van der Waals surface area (Å²) in [6.45, 7) is 4.44. The molecule has 0 radical (unpaired) electrons. The van der Waals surface area contributed by atoms with Crippen LogP contribution in [0.25, 0.3) is 22.2 Å². The molecule has 39 heavy (non-hydrogen) atoms. The number of halogens is 1. The number of nitrogens with one attached hydrogen (secondary N) is 1. The minimum absolute atomic E-state index is 0. The number of hydrogen-bond acceptors (Lipinski definition) is 7. The highest BCUT2D eigenvalue weighted by Gasteiger charge is 2.23. The number of likely N-dealkylation sites (N-methyl/N-ethyl adjacent to an activating group) is 2. The molecule has 0 unspecified atom stereocenters. The third-order valence-corrected chi connectivity index (χ3v) is 7.42. The van der Waals surface area contributed by atoms with E-state index in [0.717, 1.165) is 42.4 Å². The quantitative estimate of drug-likeness (QED) is 0.187. The van der Waals surface area contributed by atoms with Crippen molar-refractivity contribution in [1.82, 2.24) is 19.4 Å². The third kappa shape index (κ3) is 5.55. The molecule has 3 heterocycles. The SMILES string of the molecule is C.CCc1cc(N(C)CCN(C)C)c([N+](=O)[O-])cc1Nc1ncc(Cl)c(-c2cn3c4c(cccc24)CCC3)n1. The second kappa shape index (κ2) is 11.6. The van der Waals surface area contributed by atoms with Gasteiger partial charge >= 0.3 is 0 Å². The van der Waals surface area contributed by atoms with E-state index in [1.807, 2.05) is 39.0 Å². The molecule has 9 nitrogen and oxygen atoms in total. The topological polar surface area (TPSA) is 92.4 Å². The van der Waals surface area contributed by atoms with E-state index in [1.54, 1.807) is 12.3 Å². The van der Waals surface area contributed by atoms with Crippen molar-refractivity contribution >= 4 is 45.5 Å². The first-order valence-corrected chi connectivity index (χ1v) is 13.2. The van der Waals surface area contributed by atoms with Crippen LogP contribution < -0.4 is 10.2 Å². The lowest BCUT2D eigenvalue weighted by Gasteiger charge is -2.23. The van der Waals surface area contributed by atoms with Crippen LogP contribution in [0.1, 0.15) is 31.9 Å². The molecule has 4 aromatic rings. The standard InChI is InChI=1S/C28H32ClN7O2.CH4/c1-5-18-14-24(34(4)13-12-33(2)3)25(36(37)38)15-23(18)31-28-30-16-22(29)26(32-28)21-17-35-11-7-9-19-8-6-10-20(21)27(19)35;/h6,8,10,14-17H,5,7,9,11-13H2,1-4H3,(H,30,31,32);1H4. The molecule has 2 aromatic heterocycles. The van der Waals surface area contributed by atoms with Crippen molar-refractivity contribution in [3.05, 3.63) is 69.0 Å². The average Bonchev–Trinajstić information content (AvgIpc) is 3.28. The van der Waals surface area contributed by atoms with E-state index in [9.17, 15) is 10.1 Å². The highest BCUT2D eigenvalue weighted by molar-refractivity contribution is 6.33. The zero-order valence-electron chi connectivity index (χ0n) is 22.2. The zero-order chi connectivity index (χ0) is 27.0. The van der Waals surface area contributed by atoms with Gasteiger partial charge in [-0.3, -0.25) is 10.1 Å². The fourth-order valence-electron chi connectivity index (χ4n) is 5.13. The number of hydrogen-bond donors (Lipinski definition) is 1. The van der Waals surface area contributed by atoms with E-state index in [4.69, 9.17) is 16.6 Å². The Bertz CT molecular complexity index is 1520. The van der Waals surface area contributed by atoms with Crippen molar-refractivity contribution in [2.75, 3.05) is 44.4 Å². The molecule has 0 fully saturated rings. The normalized spacial score (nSPS) is 12.5. The molecule has 0 saturated heterocycles. The fourth-order valence-corrected chi connectivity index (χ4v) is 5.33. The van der Waals surface area contributed by atoms with E-state index < -0.39 is 0 Å². The van der Waals surface area contributed by atoms with Gasteiger partial charge in [0.05, 0.1) is 33.0 Å². The Kier molecular flexibility index (Phi) is 8.42. The summed E-state index contributed by atoms with van der Waals surface area (Å²) in [6.07, 6.45) is 6.55. The smallest absolute Gasteiger partial charge is 0.294 e. The van der Waals surface area contributed by atoms with Gasteiger partial charge < -0.3 is 19.7 Å². The van der Waals surface area contributed by atoms with Gasteiger partial charge in [0.1, 0.15) is 5.69 Å².